The van der Waals surface area contributed by atoms with Gasteiger partial charge >= 0.3 is 0 Å². The molecule has 1 heterocycles. The van der Waals surface area contributed by atoms with Crippen molar-refractivity contribution in [3.8, 4) is 0 Å². The molecule has 3 nitrogen and oxygen atoms in total. The van der Waals surface area contributed by atoms with Crippen molar-refractivity contribution in [1.29, 1.82) is 0 Å². The molecule has 1 fully saturated rings. The van der Waals surface area contributed by atoms with E-state index in [0.717, 1.165) is 12.6 Å². The molecule has 1 saturated carbocycles. The minimum Gasteiger partial charge on any atom is -0.385 e. The number of fused-ring (bicyclic) bond motifs is 3. The van der Waals surface area contributed by atoms with E-state index in [1.807, 2.05) is 0 Å². The molecule has 1 aliphatic carbocycles. The zero-order valence-corrected chi connectivity index (χ0v) is 12.1. The number of benzene rings is 2. The fourth-order valence-electron chi connectivity index (χ4n) is 3.17. The highest BCUT2D eigenvalue weighted by Crippen LogP contribution is 2.28. The molecule has 0 radical (unpaired) electrons. The van der Waals surface area contributed by atoms with Crippen molar-refractivity contribution in [3.05, 3.63) is 48.5 Å². The second-order valence-corrected chi connectivity index (χ2v) is 6.11. The van der Waals surface area contributed by atoms with Crippen molar-refractivity contribution in [1.82, 2.24) is 4.57 Å². The van der Waals surface area contributed by atoms with Gasteiger partial charge in [0.2, 0.25) is 0 Å². The van der Waals surface area contributed by atoms with Crippen LogP contribution < -0.4 is 5.32 Å². The van der Waals surface area contributed by atoms with E-state index in [0.29, 0.717) is 6.54 Å². The van der Waals surface area contributed by atoms with Crippen LogP contribution in [0.2, 0.25) is 0 Å². The average Bonchev–Trinajstić information content (AvgIpc) is 3.30. The Morgan fingerprint density at radius 2 is 1.57 bits per heavy atom. The van der Waals surface area contributed by atoms with Crippen molar-refractivity contribution < 1.29 is 10.4 Å². The van der Waals surface area contributed by atoms with E-state index in [9.17, 15) is 5.11 Å². The SMILES string of the molecule is O[C@H](C[NH2+]C1CC1)Cn1c2ccccc2c2ccccc21. The van der Waals surface area contributed by atoms with E-state index in [4.69, 9.17) is 0 Å². The molecule has 0 saturated heterocycles. The van der Waals surface area contributed by atoms with Crippen LogP contribution >= 0.6 is 0 Å². The number of hydrogen-bond donors (Lipinski definition) is 2. The maximum atomic E-state index is 10.4. The second-order valence-electron chi connectivity index (χ2n) is 6.11. The molecule has 21 heavy (non-hydrogen) atoms. The Hall–Kier alpha value is -1.84. The Balaban J connectivity index is 1.71. The Morgan fingerprint density at radius 3 is 2.14 bits per heavy atom. The Bertz CT molecular complexity index is 720. The van der Waals surface area contributed by atoms with Crippen LogP contribution in [0.3, 0.4) is 0 Å². The quantitative estimate of drug-likeness (QED) is 0.737. The molecule has 2 aromatic carbocycles. The van der Waals surface area contributed by atoms with Gasteiger partial charge in [-0.2, -0.15) is 0 Å². The number of nitrogens with two attached hydrogens (primary N) is 1. The lowest BCUT2D eigenvalue weighted by Crippen LogP contribution is -2.88. The van der Waals surface area contributed by atoms with Crippen LogP contribution in [0.15, 0.2) is 48.5 Å². The Labute approximate surface area is 124 Å². The summed E-state index contributed by atoms with van der Waals surface area (Å²) in [4.78, 5) is 0. The topological polar surface area (TPSA) is 41.8 Å². The fraction of sp³-hybridized carbons (Fsp3) is 0.333. The molecule has 0 unspecified atom stereocenters. The zero-order chi connectivity index (χ0) is 14.2. The van der Waals surface area contributed by atoms with Gasteiger partial charge in [0, 0.05) is 34.6 Å². The molecule has 1 atom stereocenters. The fourth-order valence-corrected chi connectivity index (χ4v) is 3.17. The van der Waals surface area contributed by atoms with Gasteiger partial charge in [0.25, 0.3) is 0 Å². The maximum Gasteiger partial charge on any atom is 0.121 e. The van der Waals surface area contributed by atoms with E-state index in [-0.39, 0.29) is 6.10 Å². The number of aliphatic hydroxyl groups excluding tert-OH is 1. The summed E-state index contributed by atoms with van der Waals surface area (Å²) in [6.45, 7) is 1.46. The molecule has 3 N–H and O–H groups in total. The lowest BCUT2D eigenvalue weighted by atomic mass is 10.2. The number of aliphatic hydroxyl groups is 1. The second kappa shape index (κ2) is 5.17. The van der Waals surface area contributed by atoms with Gasteiger partial charge in [-0.25, -0.2) is 0 Å². The average molecular weight is 281 g/mol. The smallest absolute Gasteiger partial charge is 0.121 e. The molecule has 1 aliphatic rings. The van der Waals surface area contributed by atoms with Gasteiger partial charge in [0.05, 0.1) is 12.6 Å². The van der Waals surface area contributed by atoms with Gasteiger partial charge in [-0.1, -0.05) is 36.4 Å². The third-order valence-corrected chi connectivity index (χ3v) is 4.44. The summed E-state index contributed by atoms with van der Waals surface area (Å²) in [6.07, 6.45) is 2.31. The Kier molecular flexibility index (Phi) is 3.17. The molecule has 4 rings (SSSR count). The summed E-state index contributed by atoms with van der Waals surface area (Å²) in [6, 6.07) is 17.7. The first-order valence-corrected chi connectivity index (χ1v) is 7.80. The largest absolute Gasteiger partial charge is 0.385 e. The highest BCUT2D eigenvalue weighted by Gasteiger charge is 2.26. The van der Waals surface area contributed by atoms with E-state index < -0.39 is 0 Å². The monoisotopic (exact) mass is 281 g/mol. The van der Waals surface area contributed by atoms with Crippen LogP contribution in [0.4, 0.5) is 0 Å². The number of aromatic nitrogens is 1. The van der Waals surface area contributed by atoms with Crippen LogP contribution in [0.5, 0.6) is 0 Å². The third kappa shape index (κ3) is 2.43. The molecular formula is C18H21N2O+. The minimum atomic E-state index is -0.301. The molecule has 108 valence electrons. The molecule has 0 aliphatic heterocycles. The predicted octanol–water partition coefficient (Wildman–Crippen LogP) is 1.88. The molecular weight excluding hydrogens is 260 g/mol. The lowest BCUT2D eigenvalue weighted by molar-refractivity contribution is -0.674. The minimum absolute atomic E-state index is 0.301. The zero-order valence-electron chi connectivity index (χ0n) is 12.1. The van der Waals surface area contributed by atoms with Crippen molar-refractivity contribution >= 4 is 21.8 Å². The van der Waals surface area contributed by atoms with E-state index in [2.05, 4.69) is 58.4 Å². The van der Waals surface area contributed by atoms with Crippen LogP contribution in [-0.4, -0.2) is 28.4 Å². The first kappa shape index (κ1) is 12.9. The van der Waals surface area contributed by atoms with E-state index in [1.54, 1.807) is 0 Å². The molecule has 0 spiro atoms. The highest BCUT2D eigenvalue weighted by atomic mass is 16.3. The standard InChI is InChI=1S/C18H20N2O/c21-14(11-19-13-9-10-13)12-20-17-7-3-1-5-15(17)16-6-2-4-8-18(16)20/h1-8,13-14,19,21H,9-12H2/p+1/t14-/m1/s1. The Morgan fingerprint density at radius 1 is 1.00 bits per heavy atom. The van der Waals surface area contributed by atoms with Crippen LogP contribution in [0.1, 0.15) is 12.8 Å². The first-order chi connectivity index (χ1) is 10.3. The van der Waals surface area contributed by atoms with Crippen molar-refractivity contribution in [3.63, 3.8) is 0 Å². The van der Waals surface area contributed by atoms with Crippen molar-refractivity contribution in [2.24, 2.45) is 0 Å². The predicted molar refractivity (Wildman–Crippen MR) is 85.3 cm³/mol. The highest BCUT2D eigenvalue weighted by molar-refractivity contribution is 6.07. The number of para-hydroxylation sites is 2. The number of quaternary nitrogens is 1. The summed E-state index contributed by atoms with van der Waals surface area (Å²) < 4.78 is 2.26. The van der Waals surface area contributed by atoms with Gasteiger partial charge in [0.1, 0.15) is 12.6 Å². The first-order valence-electron chi connectivity index (χ1n) is 7.80. The summed E-state index contributed by atoms with van der Waals surface area (Å²) in [7, 11) is 0. The lowest BCUT2D eigenvalue weighted by Gasteiger charge is -2.12. The van der Waals surface area contributed by atoms with Crippen LogP contribution in [-0.2, 0) is 6.54 Å². The molecule has 3 aromatic rings. The van der Waals surface area contributed by atoms with Crippen molar-refractivity contribution in [2.45, 2.75) is 31.5 Å². The van der Waals surface area contributed by atoms with Gasteiger partial charge in [0.15, 0.2) is 0 Å². The molecule has 1 aromatic heterocycles. The molecule has 0 bridgehead atoms. The van der Waals surface area contributed by atoms with E-state index in [1.165, 1.54) is 34.6 Å². The summed E-state index contributed by atoms with van der Waals surface area (Å²) in [5.74, 6) is 0. The third-order valence-electron chi connectivity index (χ3n) is 4.44. The van der Waals surface area contributed by atoms with Crippen molar-refractivity contribution in [2.75, 3.05) is 6.54 Å². The maximum absolute atomic E-state index is 10.4. The normalized spacial score (nSPS) is 16.6. The summed E-state index contributed by atoms with van der Waals surface area (Å²) >= 11 is 0. The number of nitrogens with zero attached hydrogens (tertiary/aromatic N) is 1. The van der Waals surface area contributed by atoms with Crippen LogP contribution in [0, 0.1) is 0 Å². The molecule has 0 amide bonds. The van der Waals surface area contributed by atoms with Gasteiger partial charge in [-0.3, -0.25) is 0 Å². The summed E-state index contributed by atoms with van der Waals surface area (Å²) in [5, 5.41) is 15.2. The molecule has 3 heteroatoms. The number of rotatable bonds is 5. The van der Waals surface area contributed by atoms with Gasteiger partial charge < -0.3 is 15.0 Å². The van der Waals surface area contributed by atoms with E-state index >= 15 is 0 Å². The van der Waals surface area contributed by atoms with Gasteiger partial charge in [-0.15, -0.1) is 0 Å². The number of hydrogen-bond acceptors (Lipinski definition) is 1. The van der Waals surface area contributed by atoms with Gasteiger partial charge in [-0.05, 0) is 12.1 Å². The summed E-state index contributed by atoms with van der Waals surface area (Å²) in [5.41, 5.74) is 2.42. The van der Waals surface area contributed by atoms with Crippen LogP contribution in [0.25, 0.3) is 21.8 Å².